The third-order valence-electron chi connectivity index (χ3n) is 3.24. The van der Waals surface area contributed by atoms with Crippen LogP contribution in [0.3, 0.4) is 0 Å². The maximum atomic E-state index is 6.28. The molecule has 1 N–H and O–H groups in total. The molecule has 2 aromatic heterocycles. The van der Waals surface area contributed by atoms with Gasteiger partial charge in [0.2, 0.25) is 0 Å². The highest BCUT2D eigenvalue weighted by atomic mass is 35.5. The molecule has 3 rings (SSSR count). The van der Waals surface area contributed by atoms with Gasteiger partial charge in [-0.3, -0.25) is 0 Å². The average molecular weight is 342 g/mol. The van der Waals surface area contributed by atoms with Crippen molar-refractivity contribution in [3.05, 3.63) is 40.3 Å². The van der Waals surface area contributed by atoms with Crippen molar-refractivity contribution in [2.75, 3.05) is 5.32 Å². The number of aryl methyl sites for hydroxylation is 1. The Bertz CT molecular complexity index is 742. The number of aromatic nitrogens is 2. The second kappa shape index (κ2) is 6.22. The van der Waals surface area contributed by atoms with Crippen LogP contribution in [0, 0.1) is 0 Å². The zero-order chi connectivity index (χ0) is 14.8. The van der Waals surface area contributed by atoms with E-state index in [-0.39, 0.29) is 6.04 Å². The van der Waals surface area contributed by atoms with Crippen LogP contribution in [0.1, 0.15) is 19.1 Å². The first-order chi connectivity index (χ1) is 10.1. The summed E-state index contributed by atoms with van der Waals surface area (Å²) in [6, 6.07) is 5.80. The van der Waals surface area contributed by atoms with E-state index in [1.807, 2.05) is 12.1 Å². The Morgan fingerprint density at radius 1 is 1.29 bits per heavy atom. The Kier molecular flexibility index (Phi) is 4.33. The molecule has 1 atom stereocenters. The summed E-state index contributed by atoms with van der Waals surface area (Å²) in [5, 5.41) is 4.49. The van der Waals surface area contributed by atoms with E-state index in [1.165, 1.54) is 0 Å². The summed E-state index contributed by atoms with van der Waals surface area (Å²) in [7, 11) is 0. The summed E-state index contributed by atoms with van der Waals surface area (Å²) < 4.78 is 13.8. The van der Waals surface area contributed by atoms with E-state index in [4.69, 9.17) is 27.6 Å². The lowest BCUT2D eigenvalue weighted by molar-refractivity contribution is 0.495. The van der Waals surface area contributed by atoms with Crippen LogP contribution in [0.15, 0.2) is 28.9 Å². The number of rotatable bonds is 5. The number of hydrogen-bond donors (Lipinski definition) is 1. The van der Waals surface area contributed by atoms with Gasteiger partial charge in [-0.05, 0) is 31.5 Å². The monoisotopic (exact) mass is 341 g/mol. The number of fused-ring (bicyclic) bond motifs is 1. The van der Waals surface area contributed by atoms with Crippen molar-refractivity contribution in [2.24, 2.45) is 0 Å². The number of halogens is 2. The summed E-state index contributed by atoms with van der Waals surface area (Å²) >= 11 is 13.5. The Balaban J connectivity index is 1.76. The lowest BCUT2D eigenvalue weighted by Gasteiger charge is -2.16. The van der Waals surface area contributed by atoms with Gasteiger partial charge in [-0.2, -0.15) is 8.75 Å². The first kappa shape index (κ1) is 14.6. The van der Waals surface area contributed by atoms with Crippen LogP contribution in [0.5, 0.6) is 0 Å². The fraction of sp³-hybridized carbons (Fsp3) is 0.286. The van der Waals surface area contributed by atoms with Gasteiger partial charge < -0.3 is 9.73 Å². The van der Waals surface area contributed by atoms with Crippen molar-refractivity contribution in [2.45, 2.75) is 25.8 Å². The summed E-state index contributed by atoms with van der Waals surface area (Å²) in [5.74, 6) is 0.978. The smallest absolute Gasteiger partial charge is 0.130 e. The van der Waals surface area contributed by atoms with E-state index in [0.717, 1.165) is 41.5 Å². The van der Waals surface area contributed by atoms with Crippen LogP contribution < -0.4 is 5.32 Å². The number of hydrogen-bond acceptors (Lipinski definition) is 5. The molecule has 0 aliphatic heterocycles. The van der Waals surface area contributed by atoms with Crippen molar-refractivity contribution in [3.8, 4) is 0 Å². The second-order valence-electron chi connectivity index (χ2n) is 4.84. The fourth-order valence-corrected chi connectivity index (χ4v) is 3.31. The molecule has 7 heteroatoms. The highest BCUT2D eigenvalue weighted by Gasteiger charge is 2.15. The molecule has 1 aromatic carbocycles. The molecule has 1 unspecified atom stereocenters. The Hall–Kier alpha value is -1.30. The minimum Gasteiger partial charge on any atom is -0.469 e. The van der Waals surface area contributed by atoms with Crippen LogP contribution in [-0.2, 0) is 6.42 Å². The average Bonchev–Trinajstić information content (AvgIpc) is 3.12. The summed E-state index contributed by atoms with van der Waals surface area (Å²) in [5.41, 5.74) is 2.20. The second-order valence-corrected chi connectivity index (χ2v) is 6.18. The molecule has 0 amide bonds. The number of nitrogens with zero attached hydrogens (tertiary/aromatic N) is 2. The molecule has 0 fully saturated rings. The third-order valence-corrected chi connectivity index (χ3v) is 4.35. The largest absolute Gasteiger partial charge is 0.469 e. The van der Waals surface area contributed by atoms with Crippen molar-refractivity contribution in [1.29, 1.82) is 0 Å². The molecule has 0 saturated carbocycles. The third kappa shape index (κ3) is 3.15. The molecule has 110 valence electrons. The topological polar surface area (TPSA) is 51.0 Å². The van der Waals surface area contributed by atoms with Gasteiger partial charge in [0.15, 0.2) is 0 Å². The van der Waals surface area contributed by atoms with Crippen molar-refractivity contribution in [1.82, 2.24) is 8.75 Å². The molecule has 21 heavy (non-hydrogen) atoms. The summed E-state index contributed by atoms with van der Waals surface area (Å²) in [6.45, 7) is 2.10. The number of anilines is 1. The molecular formula is C14H13Cl2N3OS. The highest BCUT2D eigenvalue weighted by Crippen LogP contribution is 2.35. The van der Waals surface area contributed by atoms with Gasteiger partial charge in [0.25, 0.3) is 0 Å². The van der Waals surface area contributed by atoms with Crippen LogP contribution in [0.4, 0.5) is 5.69 Å². The van der Waals surface area contributed by atoms with E-state index in [0.29, 0.717) is 15.6 Å². The van der Waals surface area contributed by atoms with Gasteiger partial charge >= 0.3 is 0 Å². The van der Waals surface area contributed by atoms with Gasteiger partial charge in [-0.1, -0.05) is 23.2 Å². The highest BCUT2D eigenvalue weighted by molar-refractivity contribution is 7.00. The number of furan rings is 1. The zero-order valence-electron chi connectivity index (χ0n) is 11.3. The first-order valence-electron chi connectivity index (χ1n) is 6.54. The Morgan fingerprint density at radius 2 is 2.10 bits per heavy atom. The minimum absolute atomic E-state index is 0.221. The van der Waals surface area contributed by atoms with Crippen molar-refractivity contribution in [3.63, 3.8) is 0 Å². The SMILES string of the molecule is CC(CCc1ccco1)Nc1c(Cl)cc(Cl)c2nsnc12. The van der Waals surface area contributed by atoms with E-state index < -0.39 is 0 Å². The van der Waals surface area contributed by atoms with E-state index in [2.05, 4.69) is 21.0 Å². The van der Waals surface area contributed by atoms with Gasteiger partial charge in [-0.25, -0.2) is 0 Å². The lowest BCUT2D eigenvalue weighted by Crippen LogP contribution is -2.16. The summed E-state index contributed by atoms with van der Waals surface area (Å²) in [4.78, 5) is 0. The minimum atomic E-state index is 0.221. The first-order valence-corrected chi connectivity index (χ1v) is 8.03. The Morgan fingerprint density at radius 3 is 2.86 bits per heavy atom. The van der Waals surface area contributed by atoms with Gasteiger partial charge in [-0.15, -0.1) is 0 Å². The van der Waals surface area contributed by atoms with Gasteiger partial charge in [0.05, 0.1) is 33.7 Å². The Labute approximate surface area is 136 Å². The molecule has 0 spiro atoms. The fourth-order valence-electron chi connectivity index (χ4n) is 2.14. The predicted molar refractivity (Wildman–Crippen MR) is 87.5 cm³/mol. The normalized spacial score (nSPS) is 12.7. The van der Waals surface area contributed by atoms with Crippen molar-refractivity contribution < 1.29 is 4.42 Å². The van der Waals surface area contributed by atoms with E-state index in [1.54, 1.807) is 12.3 Å². The molecule has 4 nitrogen and oxygen atoms in total. The van der Waals surface area contributed by atoms with Crippen LogP contribution >= 0.6 is 34.9 Å². The lowest BCUT2D eigenvalue weighted by atomic mass is 10.1. The molecule has 2 heterocycles. The molecule has 0 bridgehead atoms. The standard InChI is InChI=1S/C14H13Cl2N3OS/c1-8(4-5-9-3-2-6-20-9)17-12-10(15)7-11(16)13-14(12)19-21-18-13/h2-3,6-8,17H,4-5H2,1H3. The molecule has 0 aliphatic carbocycles. The van der Waals surface area contributed by atoms with E-state index in [9.17, 15) is 0 Å². The molecule has 0 aliphatic rings. The number of nitrogens with one attached hydrogen (secondary N) is 1. The summed E-state index contributed by atoms with van der Waals surface area (Å²) in [6.07, 6.45) is 3.48. The molecule has 0 saturated heterocycles. The van der Waals surface area contributed by atoms with E-state index >= 15 is 0 Å². The maximum absolute atomic E-state index is 6.28. The molecule has 0 radical (unpaired) electrons. The van der Waals surface area contributed by atoms with Gasteiger partial charge in [0, 0.05) is 12.5 Å². The van der Waals surface area contributed by atoms with Crippen LogP contribution in [-0.4, -0.2) is 14.8 Å². The van der Waals surface area contributed by atoms with Crippen LogP contribution in [0.25, 0.3) is 11.0 Å². The number of benzene rings is 1. The van der Waals surface area contributed by atoms with Crippen LogP contribution in [0.2, 0.25) is 10.0 Å². The zero-order valence-corrected chi connectivity index (χ0v) is 13.6. The predicted octanol–water partition coefficient (Wildman–Crippen LogP) is 5.02. The molecular weight excluding hydrogens is 329 g/mol. The maximum Gasteiger partial charge on any atom is 0.130 e. The van der Waals surface area contributed by atoms with Crippen molar-refractivity contribution >= 4 is 51.7 Å². The quantitative estimate of drug-likeness (QED) is 0.707. The van der Waals surface area contributed by atoms with Gasteiger partial charge in [0.1, 0.15) is 16.8 Å². The molecule has 3 aromatic rings.